The number of carbonyl (C=O) groups excluding carboxylic acids is 1. The molecule has 0 unspecified atom stereocenters. The molecule has 2 aromatic rings. The Balaban J connectivity index is 2.19. The lowest BCUT2D eigenvalue weighted by Crippen LogP contribution is -2.21. The van der Waals surface area contributed by atoms with E-state index in [0.29, 0.717) is 21.5 Å². The van der Waals surface area contributed by atoms with Crippen LogP contribution in [-0.2, 0) is 16.0 Å². The second-order valence-electron chi connectivity index (χ2n) is 4.52. The highest BCUT2D eigenvalue weighted by Crippen LogP contribution is 2.30. The van der Waals surface area contributed by atoms with Crippen LogP contribution in [0.1, 0.15) is 5.56 Å². The van der Waals surface area contributed by atoms with Crippen LogP contribution < -0.4 is 0 Å². The Kier molecular flexibility index (Phi) is 6.45. The van der Waals surface area contributed by atoms with Gasteiger partial charge in [0.1, 0.15) is 5.25 Å². The Morgan fingerprint density at radius 3 is 2.32 bits per heavy atom. The summed E-state index contributed by atoms with van der Waals surface area (Å²) in [6.45, 7) is 0. The average molecular weight is 376 g/mol. The summed E-state index contributed by atoms with van der Waals surface area (Å²) in [5, 5.41) is 1.36. The first kappa shape index (κ1) is 17.5. The molecule has 0 radical (unpaired) electrons. The maximum Gasteiger partial charge on any atom is 0.319 e. The minimum absolute atomic E-state index is 0.300. The predicted octanol–water partition coefficient (Wildman–Crippen LogP) is 5.52. The summed E-state index contributed by atoms with van der Waals surface area (Å²) >= 11 is 19.4. The monoisotopic (exact) mass is 374 g/mol. The van der Waals surface area contributed by atoms with E-state index in [1.807, 2.05) is 18.2 Å². The highest BCUT2D eigenvalue weighted by Gasteiger charge is 2.22. The van der Waals surface area contributed by atoms with Crippen LogP contribution in [0, 0.1) is 0 Å². The van der Waals surface area contributed by atoms with E-state index < -0.39 is 5.25 Å². The second-order valence-corrected chi connectivity index (χ2v) is 7.08. The summed E-state index contributed by atoms with van der Waals surface area (Å²) in [4.78, 5) is 13.0. The van der Waals surface area contributed by atoms with Crippen LogP contribution in [0.5, 0.6) is 0 Å². The first-order chi connectivity index (χ1) is 10.5. The van der Waals surface area contributed by atoms with Crippen molar-refractivity contribution in [3.8, 4) is 0 Å². The van der Waals surface area contributed by atoms with Crippen LogP contribution in [0.2, 0.25) is 15.1 Å². The molecule has 0 spiro atoms. The number of carbonyl (C=O) groups is 1. The molecule has 0 bridgehead atoms. The molecule has 0 saturated heterocycles. The summed E-state index contributed by atoms with van der Waals surface area (Å²) < 4.78 is 4.89. The molecule has 1 atom stereocenters. The Morgan fingerprint density at radius 1 is 1.09 bits per heavy atom. The number of rotatable bonds is 5. The third kappa shape index (κ3) is 4.82. The van der Waals surface area contributed by atoms with Gasteiger partial charge in [-0.15, -0.1) is 11.8 Å². The molecule has 6 heteroatoms. The van der Waals surface area contributed by atoms with E-state index in [1.54, 1.807) is 24.3 Å². The topological polar surface area (TPSA) is 26.3 Å². The van der Waals surface area contributed by atoms with Crippen LogP contribution in [-0.4, -0.2) is 18.3 Å². The molecule has 0 amide bonds. The maximum absolute atomic E-state index is 12.0. The van der Waals surface area contributed by atoms with Gasteiger partial charge in [-0.3, -0.25) is 4.79 Å². The van der Waals surface area contributed by atoms with Gasteiger partial charge < -0.3 is 4.74 Å². The summed E-state index contributed by atoms with van der Waals surface area (Å²) in [5.41, 5.74) is 0.850. The number of ether oxygens (including phenoxy) is 1. The zero-order valence-corrected chi connectivity index (χ0v) is 14.8. The van der Waals surface area contributed by atoms with Gasteiger partial charge in [-0.2, -0.15) is 0 Å². The lowest BCUT2D eigenvalue weighted by atomic mass is 10.1. The normalized spacial score (nSPS) is 12.0. The van der Waals surface area contributed by atoms with Gasteiger partial charge in [0.05, 0.1) is 7.11 Å². The molecule has 0 aromatic heterocycles. The van der Waals surface area contributed by atoms with Gasteiger partial charge in [-0.1, -0.05) is 40.9 Å². The number of halogens is 3. The minimum atomic E-state index is -0.398. The van der Waals surface area contributed by atoms with Crippen LogP contribution in [0.3, 0.4) is 0 Å². The van der Waals surface area contributed by atoms with Gasteiger partial charge in [-0.25, -0.2) is 0 Å². The summed E-state index contributed by atoms with van der Waals surface area (Å²) in [6, 6.07) is 12.5. The quantitative estimate of drug-likeness (QED) is 0.508. The SMILES string of the molecule is COC(=O)[C@@H](Cc1ccc(Cl)cc1Cl)Sc1ccc(Cl)cc1. The van der Waals surface area contributed by atoms with Gasteiger partial charge in [0.15, 0.2) is 0 Å². The Labute approximate surface area is 148 Å². The van der Waals surface area contributed by atoms with Crippen molar-refractivity contribution in [3.63, 3.8) is 0 Å². The van der Waals surface area contributed by atoms with Crippen molar-refractivity contribution in [1.82, 2.24) is 0 Å². The fourth-order valence-corrected chi connectivity index (χ4v) is 3.56. The van der Waals surface area contributed by atoms with Crippen molar-refractivity contribution >= 4 is 52.5 Å². The largest absolute Gasteiger partial charge is 0.468 e. The van der Waals surface area contributed by atoms with Crippen molar-refractivity contribution in [3.05, 3.63) is 63.1 Å². The highest BCUT2D eigenvalue weighted by atomic mass is 35.5. The average Bonchev–Trinajstić information content (AvgIpc) is 2.50. The lowest BCUT2D eigenvalue weighted by Gasteiger charge is -2.15. The van der Waals surface area contributed by atoms with E-state index in [-0.39, 0.29) is 5.97 Å². The predicted molar refractivity (Wildman–Crippen MR) is 93.3 cm³/mol. The van der Waals surface area contributed by atoms with Gasteiger partial charge in [0.25, 0.3) is 0 Å². The van der Waals surface area contributed by atoms with Gasteiger partial charge in [0.2, 0.25) is 0 Å². The fourth-order valence-electron chi connectivity index (χ4n) is 1.87. The molecule has 22 heavy (non-hydrogen) atoms. The van der Waals surface area contributed by atoms with E-state index in [9.17, 15) is 4.79 Å². The molecule has 0 aliphatic heterocycles. The van der Waals surface area contributed by atoms with Crippen LogP contribution in [0.4, 0.5) is 0 Å². The molecule has 0 fully saturated rings. The van der Waals surface area contributed by atoms with Crippen molar-refractivity contribution in [2.24, 2.45) is 0 Å². The van der Waals surface area contributed by atoms with Crippen LogP contribution in [0.25, 0.3) is 0 Å². The summed E-state index contributed by atoms with van der Waals surface area (Å²) in [7, 11) is 1.38. The molecule has 0 heterocycles. The number of methoxy groups -OCH3 is 1. The number of hydrogen-bond acceptors (Lipinski definition) is 3. The first-order valence-electron chi connectivity index (χ1n) is 6.43. The number of benzene rings is 2. The standard InChI is InChI=1S/C16H13Cl3O2S/c1-21-16(20)15(22-13-6-4-11(17)5-7-13)8-10-2-3-12(18)9-14(10)19/h2-7,9,15H,8H2,1H3/t15-/m1/s1. The highest BCUT2D eigenvalue weighted by molar-refractivity contribution is 8.00. The molecule has 116 valence electrons. The Morgan fingerprint density at radius 2 is 1.73 bits per heavy atom. The molecular formula is C16H13Cl3O2S. The Bertz CT molecular complexity index is 659. The molecule has 2 rings (SSSR count). The van der Waals surface area contributed by atoms with Crippen LogP contribution in [0.15, 0.2) is 47.4 Å². The van der Waals surface area contributed by atoms with Crippen LogP contribution >= 0.6 is 46.6 Å². The second kappa shape index (κ2) is 8.11. The zero-order chi connectivity index (χ0) is 16.1. The van der Waals surface area contributed by atoms with Crippen molar-refractivity contribution in [1.29, 1.82) is 0 Å². The minimum Gasteiger partial charge on any atom is -0.468 e. The first-order valence-corrected chi connectivity index (χ1v) is 8.45. The lowest BCUT2D eigenvalue weighted by molar-refractivity contribution is -0.139. The maximum atomic E-state index is 12.0. The van der Waals surface area contributed by atoms with E-state index >= 15 is 0 Å². The fraction of sp³-hybridized carbons (Fsp3) is 0.188. The molecular weight excluding hydrogens is 363 g/mol. The molecule has 0 aliphatic rings. The smallest absolute Gasteiger partial charge is 0.319 e. The van der Waals surface area contributed by atoms with E-state index in [0.717, 1.165) is 10.5 Å². The third-order valence-electron chi connectivity index (χ3n) is 2.98. The van der Waals surface area contributed by atoms with Crippen molar-refractivity contribution in [2.75, 3.05) is 7.11 Å². The van der Waals surface area contributed by atoms with Crippen molar-refractivity contribution < 1.29 is 9.53 Å². The Hall–Kier alpha value is -0.870. The summed E-state index contributed by atoms with van der Waals surface area (Å²) in [6.07, 6.45) is 0.454. The molecule has 0 saturated carbocycles. The van der Waals surface area contributed by atoms with E-state index in [2.05, 4.69) is 0 Å². The van der Waals surface area contributed by atoms with Gasteiger partial charge in [0, 0.05) is 20.0 Å². The number of hydrogen-bond donors (Lipinski definition) is 0. The number of thioether (sulfide) groups is 1. The summed E-state index contributed by atoms with van der Waals surface area (Å²) in [5.74, 6) is -0.300. The van der Waals surface area contributed by atoms with Gasteiger partial charge >= 0.3 is 5.97 Å². The molecule has 0 aliphatic carbocycles. The molecule has 0 N–H and O–H groups in total. The van der Waals surface area contributed by atoms with Crippen molar-refractivity contribution in [2.45, 2.75) is 16.6 Å². The molecule has 2 nitrogen and oxygen atoms in total. The van der Waals surface area contributed by atoms with E-state index in [4.69, 9.17) is 39.5 Å². The van der Waals surface area contributed by atoms with Gasteiger partial charge in [-0.05, 0) is 48.4 Å². The number of esters is 1. The molecule has 2 aromatic carbocycles. The third-order valence-corrected chi connectivity index (χ3v) is 5.00. The zero-order valence-electron chi connectivity index (χ0n) is 11.7. The van der Waals surface area contributed by atoms with E-state index in [1.165, 1.54) is 18.9 Å².